The van der Waals surface area contributed by atoms with Gasteiger partial charge in [0.25, 0.3) is 0 Å². The van der Waals surface area contributed by atoms with Crippen LogP contribution in [0.4, 0.5) is 0 Å². The van der Waals surface area contributed by atoms with Crippen molar-refractivity contribution in [3.8, 4) is 5.75 Å². The Labute approximate surface area is 111 Å². The smallest absolute Gasteiger partial charge is 0.467 e. The maximum atomic E-state index is 11.6. The van der Waals surface area contributed by atoms with Crippen LogP contribution in [0.5, 0.6) is 5.75 Å². The van der Waals surface area contributed by atoms with Crippen LogP contribution in [-0.2, 0) is 14.1 Å². The van der Waals surface area contributed by atoms with Crippen molar-refractivity contribution in [3.05, 3.63) is 30.3 Å². The number of hydroxylamine groups is 1. The summed E-state index contributed by atoms with van der Waals surface area (Å²) in [6.45, 7) is 3.02. The molecule has 18 heavy (non-hydrogen) atoms. The molecule has 7 heteroatoms. The summed E-state index contributed by atoms with van der Waals surface area (Å²) in [6.07, 6.45) is 0. The van der Waals surface area contributed by atoms with Crippen molar-refractivity contribution in [1.29, 1.82) is 0 Å². The van der Waals surface area contributed by atoms with Crippen molar-refractivity contribution in [2.75, 3.05) is 7.11 Å². The van der Waals surface area contributed by atoms with Crippen molar-refractivity contribution in [2.45, 2.75) is 19.4 Å². The van der Waals surface area contributed by atoms with Crippen molar-refractivity contribution in [3.63, 3.8) is 0 Å². The first-order chi connectivity index (χ1) is 8.39. The lowest BCUT2D eigenvalue weighted by Crippen LogP contribution is -2.48. The van der Waals surface area contributed by atoms with Gasteiger partial charge in [-0.25, -0.2) is 4.79 Å². The molecule has 0 aliphatic heterocycles. The molecule has 0 N–H and O–H groups in total. The van der Waals surface area contributed by atoms with E-state index in [2.05, 4.69) is 4.74 Å². The highest BCUT2D eigenvalue weighted by Gasteiger charge is 2.50. The number of methoxy groups -OCH3 is 1. The number of carbonyl (C=O) groups is 1. The van der Waals surface area contributed by atoms with E-state index in [-0.39, 0.29) is 0 Å². The van der Waals surface area contributed by atoms with Gasteiger partial charge in [-0.2, -0.15) is 0 Å². The minimum atomic E-state index is -2.38. The molecule has 0 heterocycles. The maximum absolute atomic E-state index is 11.6. The highest BCUT2D eigenvalue weighted by molar-refractivity contribution is 7.71. The van der Waals surface area contributed by atoms with Crippen molar-refractivity contribution >= 4 is 24.5 Å². The predicted octanol–water partition coefficient (Wildman–Crippen LogP) is 3.13. The Kier molecular flexibility index (Phi) is 5.08. The van der Waals surface area contributed by atoms with Crippen LogP contribution in [0.1, 0.15) is 13.8 Å². The van der Waals surface area contributed by atoms with Gasteiger partial charge in [-0.05, 0) is 30.5 Å². The molecule has 1 aromatic rings. The Balaban J connectivity index is 2.97. The van der Waals surface area contributed by atoms with Gasteiger partial charge in [0.2, 0.25) is 11.2 Å². The first-order valence-electron chi connectivity index (χ1n) is 5.14. The van der Waals surface area contributed by atoms with Crippen LogP contribution in [-0.4, -0.2) is 23.5 Å². The summed E-state index contributed by atoms with van der Waals surface area (Å²) in [6, 6.07) is 8.63. The van der Waals surface area contributed by atoms with Gasteiger partial charge in [-0.1, -0.05) is 18.2 Å². The molecule has 0 radical (unpaired) electrons. The van der Waals surface area contributed by atoms with Gasteiger partial charge in [0.1, 0.15) is 4.83 Å². The Bertz CT molecular complexity index is 438. The topological polar surface area (TPSA) is 55.8 Å². The molecule has 0 saturated heterocycles. The number of rotatable bonds is 5. The number of nitrogens with zero attached hydrogens (tertiary/aromatic N) is 1. The molecule has 0 bridgehead atoms. The molecule has 1 rings (SSSR count). The molecular formula is C11H14ClNO4P+. The summed E-state index contributed by atoms with van der Waals surface area (Å²) in [5.74, 6) is -0.166. The van der Waals surface area contributed by atoms with Crippen molar-refractivity contribution in [1.82, 2.24) is 4.83 Å². The molecule has 0 aromatic heterocycles. The largest absolute Gasteiger partial charge is 0.593 e. The van der Waals surface area contributed by atoms with E-state index < -0.39 is 18.8 Å². The molecule has 98 valence electrons. The number of carbonyl (C=O) groups excluding carboxylic acids is 1. The number of esters is 1. The van der Waals surface area contributed by atoms with Crippen LogP contribution in [0.15, 0.2) is 30.3 Å². The molecule has 1 unspecified atom stereocenters. The molecule has 1 aromatic carbocycles. The Morgan fingerprint density at radius 1 is 1.33 bits per heavy atom. The fourth-order valence-corrected chi connectivity index (χ4v) is 2.54. The average molecular weight is 291 g/mol. The molecule has 1 atom stereocenters. The standard InChI is InChI=1S/C11H14ClNO4P/c1-11(2,10(14)16-3)13(18(12)15)17-9-7-5-4-6-8-9/h4-8H,1-3H3/q+1. The monoisotopic (exact) mass is 290 g/mol. The summed E-state index contributed by atoms with van der Waals surface area (Å²) >= 11 is 5.58. The van der Waals surface area contributed by atoms with Crippen LogP contribution >= 0.6 is 18.5 Å². The molecule has 5 nitrogen and oxygen atoms in total. The molecular weight excluding hydrogens is 277 g/mol. The molecule has 0 saturated carbocycles. The minimum absolute atomic E-state index is 0.429. The van der Waals surface area contributed by atoms with Gasteiger partial charge in [0.15, 0.2) is 11.3 Å². The molecule has 0 spiro atoms. The lowest BCUT2D eigenvalue weighted by molar-refractivity contribution is -0.161. The average Bonchev–Trinajstić information content (AvgIpc) is 2.35. The highest BCUT2D eigenvalue weighted by Crippen LogP contribution is 2.40. The number of halogens is 1. The Morgan fingerprint density at radius 3 is 2.33 bits per heavy atom. The fraction of sp³-hybridized carbons (Fsp3) is 0.364. The number of hydrogen-bond acceptors (Lipinski definition) is 4. The Hall–Kier alpha value is -1.16. The number of ether oxygens (including phenoxy) is 1. The van der Waals surface area contributed by atoms with Gasteiger partial charge < -0.3 is 9.57 Å². The maximum Gasteiger partial charge on any atom is 0.593 e. The number of benzene rings is 1. The van der Waals surface area contributed by atoms with Gasteiger partial charge in [0, 0.05) is 0 Å². The van der Waals surface area contributed by atoms with E-state index in [1.807, 2.05) is 6.07 Å². The second kappa shape index (κ2) is 6.14. The summed E-state index contributed by atoms with van der Waals surface area (Å²) < 4.78 is 16.2. The number of hydrogen-bond donors (Lipinski definition) is 0. The van der Waals surface area contributed by atoms with E-state index in [1.165, 1.54) is 21.0 Å². The van der Waals surface area contributed by atoms with Crippen LogP contribution in [0.25, 0.3) is 0 Å². The van der Waals surface area contributed by atoms with Crippen LogP contribution in [0.3, 0.4) is 0 Å². The summed E-state index contributed by atoms with van der Waals surface area (Å²) in [4.78, 5) is 17.9. The SMILES string of the molecule is COC(=O)C(C)(C)N(Oc1ccccc1)[P+](=O)Cl. The van der Waals surface area contributed by atoms with Crippen molar-refractivity contribution in [2.24, 2.45) is 0 Å². The summed E-state index contributed by atoms with van der Waals surface area (Å²) in [5, 5.41) is 0. The third kappa shape index (κ3) is 3.42. The van der Waals surface area contributed by atoms with Gasteiger partial charge in [0.05, 0.1) is 7.11 Å². The lowest BCUT2D eigenvalue weighted by Gasteiger charge is -2.24. The zero-order valence-electron chi connectivity index (χ0n) is 10.3. The normalized spacial score (nSPS) is 12.2. The number of para-hydroxylation sites is 1. The van der Waals surface area contributed by atoms with Gasteiger partial charge in [-0.3, -0.25) is 0 Å². The highest BCUT2D eigenvalue weighted by atomic mass is 35.7. The molecule has 0 aliphatic carbocycles. The Morgan fingerprint density at radius 2 is 1.89 bits per heavy atom. The first-order valence-corrected chi connectivity index (χ1v) is 7.26. The van der Waals surface area contributed by atoms with Gasteiger partial charge >= 0.3 is 13.3 Å². The second-order valence-electron chi connectivity index (χ2n) is 3.95. The van der Waals surface area contributed by atoms with Crippen LogP contribution < -0.4 is 4.84 Å². The quantitative estimate of drug-likeness (QED) is 0.474. The van der Waals surface area contributed by atoms with E-state index in [0.717, 1.165) is 4.83 Å². The molecule has 0 amide bonds. The summed E-state index contributed by atoms with van der Waals surface area (Å²) in [7, 11) is -1.14. The van der Waals surface area contributed by atoms with Crippen molar-refractivity contribution < 1.29 is 18.9 Å². The van der Waals surface area contributed by atoms with Crippen LogP contribution in [0.2, 0.25) is 0 Å². The third-order valence-corrected chi connectivity index (χ3v) is 3.52. The zero-order valence-corrected chi connectivity index (χ0v) is 11.9. The second-order valence-corrected chi connectivity index (χ2v) is 5.64. The minimum Gasteiger partial charge on any atom is -0.467 e. The summed E-state index contributed by atoms with van der Waals surface area (Å²) in [5.41, 5.74) is -1.26. The van der Waals surface area contributed by atoms with E-state index >= 15 is 0 Å². The van der Waals surface area contributed by atoms with E-state index in [9.17, 15) is 9.36 Å². The van der Waals surface area contributed by atoms with E-state index in [0.29, 0.717) is 5.75 Å². The predicted molar refractivity (Wildman–Crippen MR) is 68.5 cm³/mol. The zero-order chi connectivity index (χ0) is 13.8. The molecule has 0 aliphatic rings. The fourth-order valence-electron chi connectivity index (χ4n) is 1.25. The van der Waals surface area contributed by atoms with Crippen LogP contribution in [0, 0.1) is 0 Å². The van der Waals surface area contributed by atoms with E-state index in [1.54, 1.807) is 24.3 Å². The third-order valence-electron chi connectivity index (χ3n) is 2.24. The van der Waals surface area contributed by atoms with E-state index in [4.69, 9.17) is 16.1 Å². The lowest BCUT2D eigenvalue weighted by atomic mass is 10.1. The van der Waals surface area contributed by atoms with Gasteiger partial charge in [-0.15, -0.1) is 0 Å². The first kappa shape index (κ1) is 14.9. The molecule has 0 fully saturated rings.